The normalized spacial score (nSPS) is 30.8. The van der Waals surface area contributed by atoms with Crippen molar-refractivity contribution in [1.82, 2.24) is 0 Å². The van der Waals surface area contributed by atoms with Crippen LogP contribution in [0.4, 0.5) is 0 Å². The Balaban J connectivity index is 2.40. The van der Waals surface area contributed by atoms with Gasteiger partial charge in [0.05, 0.1) is 18.3 Å². The first kappa shape index (κ1) is 14.5. The fourth-order valence-corrected chi connectivity index (χ4v) is 2.75. The lowest BCUT2D eigenvalue weighted by molar-refractivity contribution is -0.0878. The van der Waals surface area contributed by atoms with Crippen molar-refractivity contribution >= 4 is 15.9 Å². The summed E-state index contributed by atoms with van der Waals surface area (Å²) in [5.41, 5.74) is -0.126. The summed E-state index contributed by atoms with van der Waals surface area (Å²) in [6.07, 6.45) is 7.73. The van der Waals surface area contributed by atoms with Crippen LogP contribution in [0.1, 0.15) is 52.4 Å². The zero-order valence-electron chi connectivity index (χ0n) is 10.8. The van der Waals surface area contributed by atoms with Crippen molar-refractivity contribution in [2.75, 3.05) is 13.7 Å². The van der Waals surface area contributed by atoms with Crippen LogP contribution in [-0.2, 0) is 9.47 Å². The van der Waals surface area contributed by atoms with Crippen molar-refractivity contribution in [2.45, 2.75) is 68.9 Å². The monoisotopic (exact) mass is 292 g/mol. The van der Waals surface area contributed by atoms with Gasteiger partial charge in [-0.05, 0) is 26.2 Å². The van der Waals surface area contributed by atoms with Crippen LogP contribution in [0, 0.1) is 0 Å². The molecule has 0 N–H and O–H groups in total. The maximum Gasteiger partial charge on any atom is 0.0880 e. The Morgan fingerprint density at radius 2 is 1.94 bits per heavy atom. The summed E-state index contributed by atoms with van der Waals surface area (Å²) >= 11 is 3.75. The van der Waals surface area contributed by atoms with Crippen LogP contribution in [0.3, 0.4) is 0 Å². The lowest BCUT2D eigenvalue weighted by Gasteiger charge is -2.30. The SMILES string of the molecule is CCC(C)(COC1CCCCCC1Br)OC. The second-order valence-corrected chi connectivity index (χ2v) is 6.19. The number of ether oxygens (including phenoxy) is 2. The Hall–Kier alpha value is 0.400. The van der Waals surface area contributed by atoms with Crippen LogP contribution >= 0.6 is 15.9 Å². The molecule has 1 rings (SSSR count). The quantitative estimate of drug-likeness (QED) is 0.565. The van der Waals surface area contributed by atoms with Crippen molar-refractivity contribution < 1.29 is 9.47 Å². The summed E-state index contributed by atoms with van der Waals surface area (Å²) in [5, 5.41) is 0. The highest BCUT2D eigenvalue weighted by molar-refractivity contribution is 9.09. The highest BCUT2D eigenvalue weighted by Gasteiger charge is 2.27. The van der Waals surface area contributed by atoms with Gasteiger partial charge in [0.15, 0.2) is 0 Å². The highest BCUT2D eigenvalue weighted by Crippen LogP contribution is 2.27. The van der Waals surface area contributed by atoms with E-state index in [0.717, 1.165) is 6.42 Å². The molecule has 0 aromatic carbocycles. The molecule has 0 heterocycles. The van der Waals surface area contributed by atoms with Crippen LogP contribution in [0.15, 0.2) is 0 Å². The topological polar surface area (TPSA) is 18.5 Å². The molecule has 0 amide bonds. The van der Waals surface area contributed by atoms with E-state index in [4.69, 9.17) is 9.47 Å². The molecule has 96 valence electrons. The van der Waals surface area contributed by atoms with Crippen LogP contribution in [-0.4, -0.2) is 30.2 Å². The average molecular weight is 293 g/mol. The predicted octanol–water partition coefficient (Wildman–Crippen LogP) is 3.91. The molecule has 0 aliphatic heterocycles. The molecule has 0 saturated heterocycles. The maximum absolute atomic E-state index is 6.05. The molecule has 1 aliphatic carbocycles. The molecule has 3 heteroatoms. The first-order valence-electron chi connectivity index (χ1n) is 6.42. The lowest BCUT2D eigenvalue weighted by Crippen LogP contribution is -2.36. The summed E-state index contributed by atoms with van der Waals surface area (Å²) in [4.78, 5) is 0.521. The minimum Gasteiger partial charge on any atom is -0.376 e. The predicted molar refractivity (Wildman–Crippen MR) is 71.2 cm³/mol. The largest absolute Gasteiger partial charge is 0.376 e. The number of hydrogen-bond donors (Lipinski definition) is 0. The van der Waals surface area contributed by atoms with Gasteiger partial charge in [-0.25, -0.2) is 0 Å². The second kappa shape index (κ2) is 6.97. The van der Waals surface area contributed by atoms with E-state index in [9.17, 15) is 0 Å². The van der Waals surface area contributed by atoms with Crippen LogP contribution < -0.4 is 0 Å². The Labute approximate surface area is 108 Å². The van der Waals surface area contributed by atoms with E-state index in [1.807, 2.05) is 0 Å². The molecule has 0 spiro atoms. The van der Waals surface area contributed by atoms with Gasteiger partial charge in [0.2, 0.25) is 0 Å². The summed E-state index contributed by atoms with van der Waals surface area (Å²) in [7, 11) is 1.77. The molecule has 1 aliphatic rings. The third kappa shape index (κ3) is 4.34. The molecular weight excluding hydrogens is 268 g/mol. The molecule has 0 aromatic heterocycles. The van der Waals surface area contributed by atoms with E-state index in [1.54, 1.807) is 7.11 Å². The zero-order valence-corrected chi connectivity index (χ0v) is 12.4. The van der Waals surface area contributed by atoms with E-state index < -0.39 is 0 Å². The smallest absolute Gasteiger partial charge is 0.0880 e. The maximum atomic E-state index is 6.05. The number of rotatable bonds is 5. The van der Waals surface area contributed by atoms with E-state index in [2.05, 4.69) is 29.8 Å². The van der Waals surface area contributed by atoms with Gasteiger partial charge >= 0.3 is 0 Å². The third-order valence-electron chi connectivity index (χ3n) is 3.72. The summed E-state index contributed by atoms with van der Waals surface area (Å²) < 4.78 is 11.6. The molecule has 3 unspecified atom stereocenters. The fourth-order valence-electron chi connectivity index (χ4n) is 2.00. The van der Waals surface area contributed by atoms with Crippen molar-refractivity contribution in [1.29, 1.82) is 0 Å². The molecule has 1 fully saturated rings. The van der Waals surface area contributed by atoms with E-state index in [1.165, 1.54) is 32.1 Å². The first-order valence-corrected chi connectivity index (χ1v) is 7.33. The van der Waals surface area contributed by atoms with Crippen molar-refractivity contribution in [3.05, 3.63) is 0 Å². The summed E-state index contributed by atoms with van der Waals surface area (Å²) in [6.45, 7) is 4.96. The third-order valence-corrected chi connectivity index (χ3v) is 4.76. The number of halogens is 1. The van der Waals surface area contributed by atoms with Crippen LogP contribution in [0.25, 0.3) is 0 Å². The Bertz CT molecular complexity index is 192. The molecule has 1 saturated carbocycles. The standard InChI is InChI=1S/C13H25BrO2/c1-4-13(2,15-3)10-16-12-9-7-5-6-8-11(12)14/h11-12H,4-10H2,1-3H3. The van der Waals surface area contributed by atoms with Crippen LogP contribution in [0.2, 0.25) is 0 Å². The van der Waals surface area contributed by atoms with Crippen molar-refractivity contribution in [2.24, 2.45) is 0 Å². The van der Waals surface area contributed by atoms with Gasteiger partial charge < -0.3 is 9.47 Å². The van der Waals surface area contributed by atoms with Gasteiger partial charge in [-0.2, -0.15) is 0 Å². The Kier molecular flexibility index (Phi) is 6.30. The zero-order chi connectivity index (χ0) is 12.0. The summed E-state index contributed by atoms with van der Waals surface area (Å²) in [5.74, 6) is 0. The Morgan fingerprint density at radius 3 is 2.56 bits per heavy atom. The number of hydrogen-bond acceptors (Lipinski definition) is 2. The minimum atomic E-state index is -0.126. The van der Waals surface area contributed by atoms with Crippen LogP contribution in [0.5, 0.6) is 0 Å². The molecule has 0 bridgehead atoms. The first-order chi connectivity index (χ1) is 7.61. The van der Waals surface area contributed by atoms with Gasteiger partial charge in [0.1, 0.15) is 0 Å². The molecule has 2 nitrogen and oxygen atoms in total. The fraction of sp³-hybridized carbons (Fsp3) is 1.00. The molecule has 3 atom stereocenters. The molecule has 16 heavy (non-hydrogen) atoms. The van der Waals surface area contributed by atoms with Crippen molar-refractivity contribution in [3.8, 4) is 0 Å². The van der Waals surface area contributed by atoms with Gasteiger partial charge in [-0.3, -0.25) is 0 Å². The van der Waals surface area contributed by atoms with Gasteiger partial charge in [-0.15, -0.1) is 0 Å². The molecule has 0 aromatic rings. The van der Waals surface area contributed by atoms with E-state index in [-0.39, 0.29) is 5.60 Å². The number of alkyl halides is 1. The molecule has 0 radical (unpaired) electrons. The average Bonchev–Trinajstić information content (AvgIpc) is 2.51. The summed E-state index contributed by atoms with van der Waals surface area (Å²) in [6, 6.07) is 0. The Morgan fingerprint density at radius 1 is 1.25 bits per heavy atom. The van der Waals surface area contributed by atoms with E-state index in [0.29, 0.717) is 17.5 Å². The highest BCUT2D eigenvalue weighted by atomic mass is 79.9. The number of methoxy groups -OCH3 is 1. The minimum absolute atomic E-state index is 0.126. The van der Waals surface area contributed by atoms with Crippen molar-refractivity contribution in [3.63, 3.8) is 0 Å². The van der Waals surface area contributed by atoms with Gasteiger partial charge in [0, 0.05) is 11.9 Å². The van der Waals surface area contributed by atoms with E-state index >= 15 is 0 Å². The van der Waals surface area contributed by atoms with Gasteiger partial charge in [-0.1, -0.05) is 42.1 Å². The van der Waals surface area contributed by atoms with Gasteiger partial charge in [0.25, 0.3) is 0 Å². The molecular formula is C13H25BrO2. The lowest BCUT2D eigenvalue weighted by atomic mass is 10.0. The second-order valence-electron chi connectivity index (χ2n) is 5.01.